The molecular weight excluding hydrogens is 475 g/mol. The van der Waals surface area contributed by atoms with E-state index in [1.807, 2.05) is 78.9 Å². The Morgan fingerprint density at radius 1 is 0.848 bits per heavy atom. The summed E-state index contributed by atoms with van der Waals surface area (Å²) in [6.45, 7) is 0. The predicted molar refractivity (Wildman–Crippen MR) is 137 cm³/mol. The van der Waals surface area contributed by atoms with Crippen molar-refractivity contribution in [3.63, 3.8) is 0 Å². The van der Waals surface area contributed by atoms with Crippen LogP contribution in [0.2, 0.25) is 10.0 Å². The third-order valence-corrected chi connectivity index (χ3v) is 6.71. The fraction of sp³-hybridized carbons (Fsp3) is 0. The van der Waals surface area contributed by atoms with Gasteiger partial charge in [-0.1, -0.05) is 65.7 Å². The number of para-hydroxylation sites is 2. The zero-order chi connectivity index (χ0) is 22.8. The van der Waals surface area contributed by atoms with Gasteiger partial charge in [0.1, 0.15) is 11.5 Å². The van der Waals surface area contributed by atoms with Gasteiger partial charge in [-0.25, -0.2) is 4.99 Å². The quantitative estimate of drug-likeness (QED) is 0.271. The Morgan fingerprint density at radius 3 is 2.33 bits per heavy atom. The number of carbonyl (C=O) groups excluding carboxylic acids is 1. The van der Waals surface area contributed by atoms with Crippen LogP contribution < -0.4 is 4.90 Å². The van der Waals surface area contributed by atoms with Crippen LogP contribution in [0.3, 0.4) is 0 Å². The van der Waals surface area contributed by atoms with Gasteiger partial charge in [0.05, 0.1) is 26.3 Å². The Bertz CT molecular complexity index is 1380. The molecule has 1 fully saturated rings. The first-order chi connectivity index (χ1) is 16.1. The first kappa shape index (κ1) is 21.6. The summed E-state index contributed by atoms with van der Waals surface area (Å²) in [5.41, 5.74) is 2.21. The van der Waals surface area contributed by atoms with E-state index in [2.05, 4.69) is 0 Å². The van der Waals surface area contributed by atoms with E-state index in [9.17, 15) is 4.79 Å². The molecule has 0 N–H and O–H groups in total. The van der Waals surface area contributed by atoms with E-state index in [0.717, 1.165) is 11.4 Å². The molecule has 1 amide bonds. The van der Waals surface area contributed by atoms with Crippen LogP contribution in [0.4, 0.5) is 11.4 Å². The second kappa shape index (κ2) is 9.32. The smallest absolute Gasteiger partial charge is 0.271 e. The SMILES string of the molecule is O=C1/C(=C/c2ccc(-c3cccc(Cl)c3Cl)o2)SC(=Nc2ccccc2)N1c1ccccc1. The third-order valence-electron chi connectivity index (χ3n) is 4.92. The molecule has 3 aromatic carbocycles. The molecule has 0 atom stereocenters. The van der Waals surface area contributed by atoms with E-state index in [1.165, 1.54) is 11.8 Å². The molecule has 1 aromatic heterocycles. The van der Waals surface area contributed by atoms with Crippen LogP contribution in [0.5, 0.6) is 0 Å². The first-order valence-electron chi connectivity index (χ1n) is 10.1. The summed E-state index contributed by atoms with van der Waals surface area (Å²) >= 11 is 13.8. The van der Waals surface area contributed by atoms with Crippen molar-refractivity contribution in [3.05, 3.63) is 112 Å². The largest absolute Gasteiger partial charge is 0.457 e. The molecule has 0 saturated carbocycles. The van der Waals surface area contributed by atoms with Crippen LogP contribution >= 0.6 is 35.0 Å². The van der Waals surface area contributed by atoms with Crippen molar-refractivity contribution in [1.82, 2.24) is 0 Å². The number of nitrogens with zero attached hydrogens (tertiary/aromatic N) is 2. The molecule has 162 valence electrons. The van der Waals surface area contributed by atoms with Gasteiger partial charge in [0.25, 0.3) is 5.91 Å². The summed E-state index contributed by atoms with van der Waals surface area (Å²) in [5.74, 6) is 0.938. The van der Waals surface area contributed by atoms with E-state index in [4.69, 9.17) is 32.6 Å². The van der Waals surface area contributed by atoms with Crippen LogP contribution in [0.25, 0.3) is 17.4 Å². The molecule has 0 aliphatic carbocycles. The van der Waals surface area contributed by atoms with Crippen molar-refractivity contribution in [1.29, 1.82) is 0 Å². The van der Waals surface area contributed by atoms with Crippen molar-refractivity contribution < 1.29 is 9.21 Å². The number of amidine groups is 1. The van der Waals surface area contributed by atoms with Crippen molar-refractivity contribution in [2.24, 2.45) is 4.99 Å². The van der Waals surface area contributed by atoms with Gasteiger partial charge in [0, 0.05) is 11.6 Å². The minimum Gasteiger partial charge on any atom is -0.457 e. The number of furan rings is 1. The topological polar surface area (TPSA) is 45.8 Å². The maximum Gasteiger partial charge on any atom is 0.271 e. The number of rotatable bonds is 4. The number of carbonyl (C=O) groups is 1. The highest BCUT2D eigenvalue weighted by atomic mass is 35.5. The number of thioether (sulfide) groups is 1. The third kappa shape index (κ3) is 4.48. The van der Waals surface area contributed by atoms with Crippen LogP contribution in [-0.4, -0.2) is 11.1 Å². The molecule has 0 radical (unpaired) electrons. The number of amides is 1. The average Bonchev–Trinajstić information content (AvgIpc) is 3.41. The molecule has 5 rings (SSSR count). The van der Waals surface area contributed by atoms with Crippen LogP contribution in [0.1, 0.15) is 5.76 Å². The molecule has 0 unspecified atom stereocenters. The Morgan fingerprint density at radius 2 is 1.58 bits per heavy atom. The van der Waals surface area contributed by atoms with Crippen molar-refractivity contribution in [2.75, 3.05) is 4.90 Å². The minimum absolute atomic E-state index is 0.167. The van der Waals surface area contributed by atoms with Gasteiger partial charge in [-0.3, -0.25) is 9.69 Å². The van der Waals surface area contributed by atoms with Crippen LogP contribution in [0.15, 0.2) is 105 Å². The van der Waals surface area contributed by atoms with Crippen molar-refractivity contribution >= 4 is 63.5 Å². The first-order valence-corrected chi connectivity index (χ1v) is 11.6. The molecule has 7 heteroatoms. The maximum atomic E-state index is 13.4. The summed E-state index contributed by atoms with van der Waals surface area (Å²) in [4.78, 5) is 20.2. The molecule has 0 bridgehead atoms. The molecule has 1 saturated heterocycles. The number of hydrogen-bond acceptors (Lipinski definition) is 4. The fourth-order valence-corrected chi connectivity index (χ4v) is 4.74. The van der Waals surface area contributed by atoms with E-state index in [-0.39, 0.29) is 5.91 Å². The predicted octanol–water partition coefficient (Wildman–Crippen LogP) is 8.06. The molecule has 0 spiro atoms. The Hall–Kier alpha value is -3.25. The Labute approximate surface area is 205 Å². The molecule has 4 aromatic rings. The molecule has 1 aliphatic rings. The van der Waals surface area contributed by atoms with E-state index in [0.29, 0.717) is 37.2 Å². The summed E-state index contributed by atoms with van der Waals surface area (Å²) in [6, 6.07) is 28.0. The highest BCUT2D eigenvalue weighted by Gasteiger charge is 2.35. The average molecular weight is 491 g/mol. The molecule has 33 heavy (non-hydrogen) atoms. The molecule has 1 aliphatic heterocycles. The number of hydrogen-bond donors (Lipinski definition) is 0. The van der Waals surface area contributed by atoms with E-state index in [1.54, 1.807) is 23.1 Å². The number of aliphatic imine (C=N–C) groups is 1. The van der Waals surface area contributed by atoms with Gasteiger partial charge >= 0.3 is 0 Å². The Balaban J connectivity index is 1.51. The van der Waals surface area contributed by atoms with Gasteiger partial charge in [-0.2, -0.15) is 0 Å². The lowest BCUT2D eigenvalue weighted by Crippen LogP contribution is -2.28. The van der Waals surface area contributed by atoms with Crippen molar-refractivity contribution in [2.45, 2.75) is 0 Å². The summed E-state index contributed by atoms with van der Waals surface area (Å²) in [6.07, 6.45) is 1.72. The molecule has 4 nitrogen and oxygen atoms in total. The fourth-order valence-electron chi connectivity index (χ4n) is 3.36. The number of anilines is 1. The van der Waals surface area contributed by atoms with E-state index >= 15 is 0 Å². The molecular formula is C26H16Cl2N2O2S. The summed E-state index contributed by atoms with van der Waals surface area (Å²) < 4.78 is 5.97. The van der Waals surface area contributed by atoms with Gasteiger partial charge < -0.3 is 4.42 Å². The van der Waals surface area contributed by atoms with Crippen LogP contribution in [0, 0.1) is 0 Å². The lowest BCUT2D eigenvalue weighted by molar-refractivity contribution is -0.113. The lowest BCUT2D eigenvalue weighted by atomic mass is 10.2. The molecule has 2 heterocycles. The second-order valence-electron chi connectivity index (χ2n) is 7.12. The summed E-state index contributed by atoms with van der Waals surface area (Å²) in [7, 11) is 0. The number of halogens is 2. The monoisotopic (exact) mass is 490 g/mol. The minimum atomic E-state index is -0.167. The van der Waals surface area contributed by atoms with Gasteiger partial charge in [0.15, 0.2) is 5.17 Å². The maximum absolute atomic E-state index is 13.4. The van der Waals surface area contributed by atoms with Gasteiger partial charge in [-0.05, 0) is 60.3 Å². The van der Waals surface area contributed by atoms with Crippen LogP contribution in [-0.2, 0) is 4.79 Å². The number of benzene rings is 3. The highest BCUT2D eigenvalue weighted by molar-refractivity contribution is 8.19. The lowest BCUT2D eigenvalue weighted by Gasteiger charge is -2.15. The normalized spacial score (nSPS) is 16.2. The van der Waals surface area contributed by atoms with Gasteiger partial charge in [-0.15, -0.1) is 0 Å². The Kier molecular flexibility index (Phi) is 6.09. The second-order valence-corrected chi connectivity index (χ2v) is 8.91. The summed E-state index contributed by atoms with van der Waals surface area (Å²) in [5, 5.41) is 1.45. The zero-order valence-corrected chi connectivity index (χ0v) is 19.4. The van der Waals surface area contributed by atoms with Crippen molar-refractivity contribution in [3.8, 4) is 11.3 Å². The van der Waals surface area contributed by atoms with Gasteiger partial charge in [0.2, 0.25) is 0 Å². The standard InChI is InChI=1S/C26H16Cl2N2O2S/c27-21-13-7-12-20(24(21)28)22-15-14-19(32-22)16-23-25(31)30(18-10-5-2-6-11-18)26(33-23)29-17-8-3-1-4-9-17/h1-16H/b23-16-,29-26?. The zero-order valence-electron chi connectivity index (χ0n) is 17.1. The highest BCUT2D eigenvalue weighted by Crippen LogP contribution is 2.39. The van der Waals surface area contributed by atoms with E-state index < -0.39 is 0 Å².